The first kappa shape index (κ1) is 19.2. The molecule has 0 aliphatic heterocycles. The van der Waals surface area contributed by atoms with E-state index in [2.05, 4.69) is 5.32 Å². The van der Waals surface area contributed by atoms with E-state index in [0.717, 1.165) is 26.9 Å². The largest absolute Gasteiger partial charge is 0.462 e. The highest BCUT2D eigenvalue weighted by Gasteiger charge is 2.23. The Hall–Kier alpha value is -2.12. The molecule has 0 aliphatic carbocycles. The number of furan rings is 1. The van der Waals surface area contributed by atoms with Gasteiger partial charge in [-0.2, -0.15) is 0 Å². The minimum absolute atomic E-state index is 0.146. The molecular formula is C18H25N2O4S+. The van der Waals surface area contributed by atoms with Crippen molar-refractivity contribution in [3.8, 4) is 0 Å². The molecule has 0 aliphatic rings. The van der Waals surface area contributed by atoms with E-state index in [1.165, 1.54) is 11.3 Å². The molecule has 0 aromatic carbocycles. The van der Waals surface area contributed by atoms with Crippen LogP contribution >= 0.6 is 11.3 Å². The van der Waals surface area contributed by atoms with Crippen LogP contribution in [-0.4, -0.2) is 32.1 Å². The average Bonchev–Trinajstić information content (AvgIpc) is 3.03. The van der Waals surface area contributed by atoms with Crippen LogP contribution in [0, 0.1) is 20.8 Å². The number of aryl methyl sites for hydroxylation is 2. The summed E-state index contributed by atoms with van der Waals surface area (Å²) in [7, 11) is 1.93. The van der Waals surface area contributed by atoms with E-state index in [1.807, 2.05) is 40.0 Å². The van der Waals surface area contributed by atoms with Gasteiger partial charge in [-0.1, -0.05) is 0 Å². The second kappa shape index (κ2) is 8.31. The van der Waals surface area contributed by atoms with E-state index in [-0.39, 0.29) is 12.5 Å². The Morgan fingerprint density at radius 3 is 2.60 bits per heavy atom. The number of nitrogens with one attached hydrogen (secondary N) is 2. The third kappa shape index (κ3) is 4.93. The van der Waals surface area contributed by atoms with Gasteiger partial charge in [0.25, 0.3) is 5.91 Å². The van der Waals surface area contributed by atoms with Crippen LogP contribution < -0.4 is 10.2 Å². The number of hydrogen-bond acceptors (Lipinski definition) is 5. The molecule has 6 nitrogen and oxygen atoms in total. The Bertz CT molecular complexity index is 763. The first-order valence-electron chi connectivity index (χ1n) is 8.25. The molecule has 0 bridgehead atoms. The molecule has 7 heteroatoms. The zero-order chi connectivity index (χ0) is 18.6. The molecule has 2 rings (SSSR count). The number of carbonyl (C=O) groups is 2. The minimum Gasteiger partial charge on any atom is -0.462 e. The van der Waals surface area contributed by atoms with Gasteiger partial charge < -0.3 is 19.4 Å². The minimum atomic E-state index is -0.397. The van der Waals surface area contributed by atoms with Crippen molar-refractivity contribution in [3.63, 3.8) is 0 Å². The quantitative estimate of drug-likeness (QED) is 0.737. The van der Waals surface area contributed by atoms with Gasteiger partial charge in [-0.3, -0.25) is 4.79 Å². The summed E-state index contributed by atoms with van der Waals surface area (Å²) in [6, 6.07) is 3.83. The fourth-order valence-electron chi connectivity index (χ4n) is 2.55. The molecular weight excluding hydrogens is 340 g/mol. The van der Waals surface area contributed by atoms with Gasteiger partial charge in [0.15, 0.2) is 12.3 Å². The number of anilines is 1. The number of ether oxygens (including phenoxy) is 1. The Morgan fingerprint density at radius 2 is 2.00 bits per heavy atom. The number of quaternary nitrogens is 1. The summed E-state index contributed by atoms with van der Waals surface area (Å²) in [4.78, 5) is 26.5. The van der Waals surface area contributed by atoms with Crippen molar-refractivity contribution in [1.29, 1.82) is 0 Å². The Labute approximate surface area is 151 Å². The molecule has 1 amide bonds. The molecule has 136 valence electrons. The third-order valence-corrected chi connectivity index (χ3v) is 4.97. The highest BCUT2D eigenvalue weighted by Crippen LogP contribution is 2.32. The van der Waals surface area contributed by atoms with Crippen LogP contribution in [0.1, 0.15) is 39.2 Å². The predicted molar refractivity (Wildman–Crippen MR) is 97.3 cm³/mol. The second-order valence-electron chi connectivity index (χ2n) is 6.08. The summed E-state index contributed by atoms with van der Waals surface area (Å²) >= 11 is 1.40. The van der Waals surface area contributed by atoms with E-state index in [0.29, 0.717) is 23.7 Å². The molecule has 1 atom stereocenters. The van der Waals surface area contributed by atoms with Gasteiger partial charge in [0.1, 0.15) is 17.3 Å². The molecule has 0 saturated carbocycles. The van der Waals surface area contributed by atoms with Crippen molar-refractivity contribution in [3.05, 3.63) is 39.7 Å². The predicted octanol–water partition coefficient (Wildman–Crippen LogP) is 2.10. The van der Waals surface area contributed by atoms with E-state index >= 15 is 0 Å². The fraction of sp³-hybridized carbons (Fsp3) is 0.444. The van der Waals surface area contributed by atoms with Gasteiger partial charge in [0, 0.05) is 4.88 Å². The van der Waals surface area contributed by atoms with Gasteiger partial charge >= 0.3 is 5.97 Å². The van der Waals surface area contributed by atoms with Crippen molar-refractivity contribution >= 4 is 28.2 Å². The monoisotopic (exact) mass is 365 g/mol. The molecule has 25 heavy (non-hydrogen) atoms. The van der Waals surface area contributed by atoms with Crippen molar-refractivity contribution in [1.82, 2.24) is 0 Å². The van der Waals surface area contributed by atoms with Crippen LogP contribution in [0.2, 0.25) is 0 Å². The molecule has 2 N–H and O–H groups in total. The van der Waals surface area contributed by atoms with Gasteiger partial charge in [0.05, 0.1) is 19.2 Å². The molecule has 0 radical (unpaired) electrons. The Morgan fingerprint density at radius 1 is 1.28 bits per heavy atom. The van der Waals surface area contributed by atoms with E-state index in [1.54, 1.807) is 6.92 Å². The van der Waals surface area contributed by atoms with E-state index in [9.17, 15) is 9.59 Å². The average molecular weight is 365 g/mol. The molecule has 0 fully saturated rings. The van der Waals surface area contributed by atoms with Crippen molar-refractivity contribution in [2.75, 3.05) is 25.5 Å². The van der Waals surface area contributed by atoms with Gasteiger partial charge in [-0.25, -0.2) is 4.79 Å². The maximum Gasteiger partial charge on any atom is 0.341 e. The number of carbonyl (C=O) groups excluding carboxylic acids is 2. The second-order valence-corrected chi connectivity index (χ2v) is 7.30. The lowest BCUT2D eigenvalue weighted by Crippen LogP contribution is -3.08. The summed E-state index contributed by atoms with van der Waals surface area (Å²) in [6.45, 7) is 8.64. The van der Waals surface area contributed by atoms with Crippen LogP contribution in [0.4, 0.5) is 5.00 Å². The lowest BCUT2D eigenvalue weighted by molar-refractivity contribution is -0.886. The van der Waals surface area contributed by atoms with Crippen LogP contribution in [0.15, 0.2) is 16.5 Å². The molecule has 1 unspecified atom stereocenters. The maximum absolute atomic E-state index is 12.4. The third-order valence-electron chi connectivity index (χ3n) is 3.85. The van der Waals surface area contributed by atoms with Gasteiger partial charge in [-0.05, 0) is 45.4 Å². The van der Waals surface area contributed by atoms with Crippen LogP contribution in [0.5, 0.6) is 0 Å². The van der Waals surface area contributed by atoms with E-state index in [4.69, 9.17) is 9.15 Å². The highest BCUT2D eigenvalue weighted by atomic mass is 32.1. The van der Waals surface area contributed by atoms with Crippen molar-refractivity contribution in [2.45, 2.75) is 34.2 Å². The molecule has 2 aromatic rings. The number of thiophene rings is 1. The standard InChI is InChI=1S/C18H24N2O4S/c1-6-23-18(22)16-12(3)13(4)25-17(16)19-15(21)10-20(5)9-14-8-7-11(2)24-14/h7-8H,6,9-10H2,1-5H3,(H,19,21)/p+1. The lowest BCUT2D eigenvalue weighted by Gasteiger charge is -2.12. The first-order valence-corrected chi connectivity index (χ1v) is 9.07. The maximum atomic E-state index is 12.4. The van der Waals surface area contributed by atoms with Crippen LogP contribution in [-0.2, 0) is 16.1 Å². The summed E-state index contributed by atoms with van der Waals surface area (Å²) in [5.74, 6) is 1.16. The first-order chi connectivity index (χ1) is 11.8. The van der Waals surface area contributed by atoms with E-state index < -0.39 is 5.97 Å². The smallest absolute Gasteiger partial charge is 0.341 e. The van der Waals surface area contributed by atoms with Gasteiger partial charge in [-0.15, -0.1) is 11.3 Å². The Balaban J connectivity index is 2.02. The zero-order valence-corrected chi connectivity index (χ0v) is 16.1. The lowest BCUT2D eigenvalue weighted by atomic mass is 10.1. The summed E-state index contributed by atoms with van der Waals surface area (Å²) in [5, 5.41) is 3.42. The molecule has 0 saturated heterocycles. The number of rotatable bonds is 7. The summed E-state index contributed by atoms with van der Waals surface area (Å²) in [6.07, 6.45) is 0. The topological polar surface area (TPSA) is 73.0 Å². The molecule has 0 spiro atoms. The Kier molecular flexibility index (Phi) is 6.39. The summed E-state index contributed by atoms with van der Waals surface area (Å²) in [5.41, 5.74) is 1.31. The SMILES string of the molecule is CCOC(=O)c1c(NC(=O)C[NH+](C)Cc2ccc(C)o2)sc(C)c1C. The van der Waals surface area contributed by atoms with Crippen molar-refractivity contribution < 1.29 is 23.6 Å². The number of likely N-dealkylation sites (N-methyl/N-ethyl adjacent to an activating group) is 1. The summed E-state index contributed by atoms with van der Waals surface area (Å²) < 4.78 is 10.6. The zero-order valence-electron chi connectivity index (χ0n) is 15.3. The molecule has 2 heterocycles. The number of esters is 1. The number of amides is 1. The van der Waals surface area contributed by atoms with Crippen LogP contribution in [0.25, 0.3) is 0 Å². The van der Waals surface area contributed by atoms with Crippen LogP contribution in [0.3, 0.4) is 0 Å². The highest BCUT2D eigenvalue weighted by molar-refractivity contribution is 7.16. The fourth-order valence-corrected chi connectivity index (χ4v) is 3.61. The van der Waals surface area contributed by atoms with Gasteiger partial charge in [0.2, 0.25) is 0 Å². The molecule has 2 aromatic heterocycles. The normalized spacial score (nSPS) is 12.0. The van der Waals surface area contributed by atoms with Crippen molar-refractivity contribution in [2.24, 2.45) is 0 Å². The number of hydrogen-bond donors (Lipinski definition) is 2.